The van der Waals surface area contributed by atoms with Crippen LogP contribution in [0, 0.1) is 23.5 Å². The predicted molar refractivity (Wildman–Crippen MR) is 122 cm³/mol. The number of benzene rings is 2. The molecule has 1 fully saturated rings. The fourth-order valence-corrected chi connectivity index (χ4v) is 4.45. The third kappa shape index (κ3) is 7.61. The summed E-state index contributed by atoms with van der Waals surface area (Å²) in [6.07, 6.45) is 13.2. The van der Waals surface area contributed by atoms with Crippen LogP contribution in [0.2, 0.25) is 0 Å². The molecule has 0 saturated heterocycles. The summed E-state index contributed by atoms with van der Waals surface area (Å²) in [6, 6.07) is 9.66. The van der Waals surface area contributed by atoms with Crippen LogP contribution in [-0.2, 0) is 0 Å². The molecule has 0 aliphatic heterocycles. The van der Waals surface area contributed by atoms with E-state index in [1.807, 2.05) is 0 Å². The molecule has 1 aliphatic rings. The molecule has 0 atom stereocenters. The highest BCUT2D eigenvalue weighted by atomic mass is 19.2. The minimum absolute atomic E-state index is 0.0378. The van der Waals surface area contributed by atoms with Gasteiger partial charge in [-0.1, -0.05) is 58.3 Å². The van der Waals surface area contributed by atoms with Crippen molar-refractivity contribution in [1.82, 2.24) is 0 Å². The van der Waals surface area contributed by atoms with Gasteiger partial charge in [0.15, 0.2) is 11.6 Å². The maximum Gasteiger partial charge on any atom is 0.343 e. The van der Waals surface area contributed by atoms with Gasteiger partial charge >= 0.3 is 5.97 Å². The molecule has 0 aromatic heterocycles. The Balaban J connectivity index is 1.33. The van der Waals surface area contributed by atoms with Gasteiger partial charge in [0, 0.05) is 6.07 Å². The zero-order valence-corrected chi connectivity index (χ0v) is 19.0. The molecule has 3 nitrogen and oxygen atoms in total. The zero-order valence-electron chi connectivity index (χ0n) is 19.0. The second kappa shape index (κ2) is 12.6. The largest absolute Gasteiger partial charge is 0.494 e. The molecule has 174 valence electrons. The van der Waals surface area contributed by atoms with Gasteiger partial charge in [-0.05, 0) is 61.1 Å². The van der Waals surface area contributed by atoms with Crippen molar-refractivity contribution in [3.63, 3.8) is 0 Å². The highest BCUT2D eigenvalue weighted by Gasteiger charge is 2.20. The van der Waals surface area contributed by atoms with Gasteiger partial charge in [-0.25, -0.2) is 13.6 Å². The van der Waals surface area contributed by atoms with E-state index in [2.05, 4.69) is 6.92 Å². The van der Waals surface area contributed by atoms with E-state index in [9.17, 15) is 13.6 Å². The maximum absolute atomic E-state index is 13.2. The van der Waals surface area contributed by atoms with Crippen LogP contribution >= 0.6 is 0 Å². The van der Waals surface area contributed by atoms with E-state index in [0.29, 0.717) is 17.9 Å². The molecule has 0 heterocycles. The van der Waals surface area contributed by atoms with Crippen molar-refractivity contribution >= 4 is 5.97 Å². The Morgan fingerprint density at radius 2 is 1.47 bits per heavy atom. The lowest BCUT2D eigenvalue weighted by atomic mass is 9.78. The van der Waals surface area contributed by atoms with Crippen molar-refractivity contribution in [2.75, 3.05) is 6.61 Å². The van der Waals surface area contributed by atoms with E-state index in [4.69, 9.17) is 9.47 Å². The van der Waals surface area contributed by atoms with Gasteiger partial charge < -0.3 is 9.47 Å². The molecule has 5 heteroatoms. The van der Waals surface area contributed by atoms with E-state index in [-0.39, 0.29) is 5.75 Å². The highest BCUT2D eigenvalue weighted by molar-refractivity contribution is 5.91. The molecule has 0 spiro atoms. The number of carbonyl (C=O) groups is 1. The molecule has 0 bridgehead atoms. The predicted octanol–water partition coefficient (Wildman–Crippen LogP) is 7.73. The van der Waals surface area contributed by atoms with Crippen LogP contribution in [0.3, 0.4) is 0 Å². The van der Waals surface area contributed by atoms with Gasteiger partial charge in [0.1, 0.15) is 11.5 Å². The Morgan fingerprint density at radius 1 is 0.844 bits per heavy atom. The number of carbonyl (C=O) groups excluding carboxylic acids is 1. The van der Waals surface area contributed by atoms with Crippen LogP contribution < -0.4 is 9.47 Å². The summed E-state index contributed by atoms with van der Waals surface area (Å²) in [5, 5.41) is 0. The number of esters is 1. The first-order valence-corrected chi connectivity index (χ1v) is 11.9. The first-order chi connectivity index (χ1) is 15.5. The molecular weight excluding hydrogens is 410 g/mol. The standard InChI is InChI=1S/C27H34F2O3/c1-2-3-4-6-20-8-10-21(11-9-20)7-5-18-31-23-14-12-22(13-15-23)27(30)32-24-16-17-25(28)26(29)19-24/h12-17,19-21H,2-11,18H2,1H3/t20-,21-. The molecule has 0 N–H and O–H groups in total. The second-order valence-corrected chi connectivity index (χ2v) is 8.86. The first kappa shape index (κ1) is 24.2. The second-order valence-electron chi connectivity index (χ2n) is 8.86. The molecule has 32 heavy (non-hydrogen) atoms. The lowest BCUT2D eigenvalue weighted by Crippen LogP contribution is -2.15. The fourth-order valence-electron chi connectivity index (χ4n) is 4.45. The number of rotatable bonds is 11. The van der Waals surface area contributed by atoms with Gasteiger partial charge in [0.2, 0.25) is 0 Å². The zero-order chi connectivity index (χ0) is 22.8. The summed E-state index contributed by atoms with van der Waals surface area (Å²) in [6.45, 7) is 2.93. The van der Waals surface area contributed by atoms with Gasteiger partial charge in [0.05, 0.1) is 12.2 Å². The molecule has 0 radical (unpaired) electrons. The normalized spacial score (nSPS) is 18.3. The molecule has 1 saturated carbocycles. The summed E-state index contributed by atoms with van der Waals surface area (Å²) in [5.41, 5.74) is 0.317. The van der Waals surface area contributed by atoms with Gasteiger partial charge in [-0.2, -0.15) is 0 Å². The van der Waals surface area contributed by atoms with E-state index < -0.39 is 17.6 Å². The molecule has 2 aromatic carbocycles. The van der Waals surface area contributed by atoms with Gasteiger partial charge in [-0.15, -0.1) is 0 Å². The number of halogens is 2. The smallest absolute Gasteiger partial charge is 0.343 e. The monoisotopic (exact) mass is 444 g/mol. The SMILES string of the molecule is CCCCC[C@H]1CC[C@H](CCCOc2ccc(C(=O)Oc3ccc(F)c(F)c3)cc2)CC1. The van der Waals surface area contributed by atoms with E-state index in [1.165, 1.54) is 63.9 Å². The maximum atomic E-state index is 13.2. The van der Waals surface area contributed by atoms with Crippen LogP contribution in [0.1, 0.15) is 81.5 Å². The van der Waals surface area contributed by atoms with Crippen LogP contribution in [0.15, 0.2) is 42.5 Å². The van der Waals surface area contributed by atoms with E-state index in [1.54, 1.807) is 24.3 Å². The molecular formula is C27H34F2O3. The number of ether oxygens (including phenoxy) is 2. The van der Waals surface area contributed by atoms with Crippen molar-refractivity contribution in [2.45, 2.75) is 71.1 Å². The highest BCUT2D eigenvalue weighted by Crippen LogP contribution is 2.34. The minimum atomic E-state index is -1.06. The first-order valence-electron chi connectivity index (χ1n) is 11.9. The molecule has 0 unspecified atom stereocenters. The van der Waals surface area contributed by atoms with Crippen molar-refractivity contribution in [3.8, 4) is 11.5 Å². The number of hydrogen-bond acceptors (Lipinski definition) is 3. The average Bonchev–Trinajstić information content (AvgIpc) is 2.81. The lowest BCUT2D eigenvalue weighted by molar-refractivity contribution is 0.0734. The minimum Gasteiger partial charge on any atom is -0.494 e. The Hall–Kier alpha value is -2.43. The van der Waals surface area contributed by atoms with Crippen LogP contribution in [-0.4, -0.2) is 12.6 Å². The average molecular weight is 445 g/mol. The summed E-state index contributed by atoms with van der Waals surface area (Å²) < 4.78 is 37.1. The summed E-state index contributed by atoms with van der Waals surface area (Å²) >= 11 is 0. The quantitative estimate of drug-likeness (QED) is 0.202. The van der Waals surface area contributed by atoms with Gasteiger partial charge in [0.25, 0.3) is 0 Å². The topological polar surface area (TPSA) is 35.5 Å². The molecule has 0 amide bonds. The summed E-state index contributed by atoms with van der Waals surface area (Å²) in [7, 11) is 0. The fraction of sp³-hybridized carbons (Fsp3) is 0.519. The van der Waals surface area contributed by atoms with Crippen LogP contribution in [0.5, 0.6) is 11.5 Å². The summed E-state index contributed by atoms with van der Waals surface area (Å²) in [5.74, 6) is -0.234. The van der Waals surface area contributed by atoms with E-state index >= 15 is 0 Å². The third-order valence-electron chi connectivity index (χ3n) is 6.40. The Morgan fingerprint density at radius 3 is 2.09 bits per heavy atom. The Kier molecular flexibility index (Phi) is 9.51. The molecule has 2 aromatic rings. The number of unbranched alkanes of at least 4 members (excludes halogenated alkanes) is 2. The lowest BCUT2D eigenvalue weighted by Gasteiger charge is -2.28. The van der Waals surface area contributed by atoms with Gasteiger partial charge in [-0.3, -0.25) is 0 Å². The van der Waals surface area contributed by atoms with Crippen molar-refractivity contribution in [1.29, 1.82) is 0 Å². The van der Waals surface area contributed by atoms with E-state index in [0.717, 1.165) is 30.4 Å². The molecule has 1 aliphatic carbocycles. The Bertz CT molecular complexity index is 842. The third-order valence-corrected chi connectivity index (χ3v) is 6.40. The van der Waals surface area contributed by atoms with Crippen LogP contribution in [0.4, 0.5) is 8.78 Å². The summed E-state index contributed by atoms with van der Waals surface area (Å²) in [4.78, 5) is 12.2. The van der Waals surface area contributed by atoms with Crippen molar-refractivity contribution in [2.24, 2.45) is 11.8 Å². The Labute approximate surface area is 190 Å². The molecule has 3 rings (SSSR count). The van der Waals surface area contributed by atoms with Crippen molar-refractivity contribution < 1.29 is 23.0 Å². The van der Waals surface area contributed by atoms with Crippen LogP contribution in [0.25, 0.3) is 0 Å². The van der Waals surface area contributed by atoms with Crippen molar-refractivity contribution in [3.05, 3.63) is 59.7 Å². The number of hydrogen-bond donors (Lipinski definition) is 0.